The van der Waals surface area contributed by atoms with Crippen LogP contribution in [0.25, 0.3) is 0 Å². The molecular weight excluding hydrogens is 279 g/mol. The smallest absolute Gasteiger partial charge is 0.356 e. The van der Waals surface area contributed by atoms with Crippen LogP contribution in [0.4, 0.5) is 18.3 Å². The molecule has 0 aromatic carbocycles. The van der Waals surface area contributed by atoms with E-state index in [9.17, 15) is 21.6 Å². The highest BCUT2D eigenvalue weighted by Crippen LogP contribution is 2.33. The molecule has 1 N–H and O–H groups in total. The third-order valence-corrected chi connectivity index (χ3v) is 4.89. The fraction of sp³-hybridized carbons (Fsp3) is 0.714. The van der Waals surface area contributed by atoms with Crippen molar-refractivity contribution in [1.82, 2.24) is 10.2 Å². The summed E-state index contributed by atoms with van der Waals surface area (Å²) in [4.78, 5) is 0. The van der Waals surface area contributed by atoms with Crippen molar-refractivity contribution in [3.8, 4) is 0 Å². The van der Waals surface area contributed by atoms with Gasteiger partial charge in [0.05, 0.1) is 11.5 Å². The normalized spacial score (nSPS) is 23.8. The summed E-state index contributed by atoms with van der Waals surface area (Å²) in [6.07, 6.45) is -4.14. The Morgan fingerprint density at radius 2 is 2.06 bits per heavy atom. The molecule has 1 aromatic rings. The number of hydrogen-bond acceptors (Lipinski definition) is 6. The predicted octanol–water partition coefficient (Wildman–Crippen LogP) is 1.16. The zero-order valence-corrected chi connectivity index (χ0v) is 9.99. The van der Waals surface area contributed by atoms with Crippen LogP contribution in [0, 0.1) is 0 Å². The first kappa shape index (κ1) is 12.6. The summed E-state index contributed by atoms with van der Waals surface area (Å²) >= 11 is 0.374. The molecule has 1 aliphatic rings. The van der Waals surface area contributed by atoms with Crippen molar-refractivity contribution in [2.24, 2.45) is 0 Å². The van der Waals surface area contributed by atoms with Crippen LogP contribution < -0.4 is 5.32 Å². The van der Waals surface area contributed by atoms with E-state index in [2.05, 4.69) is 15.5 Å². The van der Waals surface area contributed by atoms with E-state index in [-0.39, 0.29) is 22.7 Å². The van der Waals surface area contributed by atoms with Gasteiger partial charge in [-0.2, -0.15) is 13.2 Å². The van der Waals surface area contributed by atoms with E-state index in [4.69, 9.17) is 0 Å². The Kier molecular flexibility index (Phi) is 3.02. The zero-order valence-electron chi connectivity index (χ0n) is 8.36. The number of anilines is 1. The second-order valence-corrected chi connectivity index (χ2v) is 6.86. The van der Waals surface area contributed by atoms with Crippen LogP contribution in [-0.2, 0) is 16.0 Å². The quantitative estimate of drug-likeness (QED) is 0.883. The predicted molar refractivity (Wildman–Crippen MR) is 55.6 cm³/mol. The van der Waals surface area contributed by atoms with Crippen LogP contribution in [0.5, 0.6) is 0 Å². The molecular formula is C7H8F3N3O2S2. The highest BCUT2D eigenvalue weighted by atomic mass is 32.2. The Morgan fingerprint density at radius 3 is 2.53 bits per heavy atom. The molecule has 0 saturated carbocycles. The monoisotopic (exact) mass is 287 g/mol. The van der Waals surface area contributed by atoms with Crippen molar-refractivity contribution < 1.29 is 21.6 Å². The lowest BCUT2D eigenvalue weighted by atomic mass is 10.3. The van der Waals surface area contributed by atoms with E-state index in [1.165, 1.54) is 0 Å². The van der Waals surface area contributed by atoms with E-state index in [1.807, 2.05) is 0 Å². The van der Waals surface area contributed by atoms with Gasteiger partial charge in [0, 0.05) is 6.04 Å². The highest BCUT2D eigenvalue weighted by molar-refractivity contribution is 7.91. The van der Waals surface area contributed by atoms with E-state index >= 15 is 0 Å². The van der Waals surface area contributed by atoms with Crippen LogP contribution in [0.2, 0.25) is 0 Å². The van der Waals surface area contributed by atoms with Crippen molar-refractivity contribution in [3.63, 3.8) is 0 Å². The number of sulfone groups is 1. The molecule has 2 rings (SSSR count). The number of aromatic nitrogens is 2. The summed E-state index contributed by atoms with van der Waals surface area (Å²) in [7, 11) is -3.07. The molecule has 0 bridgehead atoms. The molecule has 0 radical (unpaired) electrons. The average Bonchev–Trinajstić information content (AvgIpc) is 2.72. The van der Waals surface area contributed by atoms with Gasteiger partial charge in [-0.1, -0.05) is 11.3 Å². The Morgan fingerprint density at radius 1 is 1.35 bits per heavy atom. The number of hydrogen-bond donors (Lipinski definition) is 1. The molecule has 10 heteroatoms. The van der Waals surface area contributed by atoms with Crippen LogP contribution in [0.1, 0.15) is 11.4 Å². The van der Waals surface area contributed by atoms with Gasteiger partial charge in [-0.3, -0.25) is 0 Å². The summed E-state index contributed by atoms with van der Waals surface area (Å²) in [6.45, 7) is 0. The lowest BCUT2D eigenvalue weighted by Crippen LogP contribution is -2.20. The van der Waals surface area contributed by atoms with Crippen LogP contribution in [0.3, 0.4) is 0 Å². The van der Waals surface area contributed by atoms with E-state index in [0.717, 1.165) is 0 Å². The summed E-state index contributed by atoms with van der Waals surface area (Å²) in [5.74, 6) is -0.0243. The van der Waals surface area contributed by atoms with Crippen LogP contribution in [0.15, 0.2) is 0 Å². The maximum absolute atomic E-state index is 12.2. The maximum atomic E-state index is 12.2. The van der Waals surface area contributed by atoms with Crippen molar-refractivity contribution in [3.05, 3.63) is 5.01 Å². The second kappa shape index (κ2) is 4.09. The lowest BCUT2D eigenvalue weighted by molar-refractivity contribution is -0.138. The van der Waals surface area contributed by atoms with Gasteiger partial charge in [0.1, 0.15) is 0 Å². The minimum atomic E-state index is -4.51. The molecule has 1 saturated heterocycles. The number of rotatable bonds is 2. The summed E-state index contributed by atoms with van der Waals surface area (Å²) in [6, 6.07) is -0.381. The van der Waals surface area contributed by atoms with Gasteiger partial charge >= 0.3 is 6.18 Å². The molecule has 2 heterocycles. The molecule has 0 amide bonds. The summed E-state index contributed by atoms with van der Waals surface area (Å²) in [5.41, 5.74) is 0. The SMILES string of the molecule is O=S1(=O)CCC(Nc2nnc(C(F)(F)F)s2)C1. The Bertz CT molecular complexity index is 511. The molecule has 0 aliphatic carbocycles. The van der Waals surface area contributed by atoms with Gasteiger partial charge in [0.15, 0.2) is 9.84 Å². The summed E-state index contributed by atoms with van der Waals surface area (Å²) in [5, 5.41) is 7.95. The van der Waals surface area contributed by atoms with Crippen LogP contribution >= 0.6 is 11.3 Å². The highest BCUT2D eigenvalue weighted by Gasteiger charge is 2.36. The standard InChI is InChI=1S/C7H8F3N3O2S2/c8-7(9,10)5-12-13-6(16-5)11-4-1-2-17(14,15)3-4/h4H,1-3H2,(H,11,13). The largest absolute Gasteiger partial charge is 0.445 e. The van der Waals surface area contributed by atoms with Crippen molar-refractivity contribution in [2.75, 3.05) is 16.8 Å². The molecule has 96 valence electrons. The van der Waals surface area contributed by atoms with E-state index in [0.29, 0.717) is 17.8 Å². The van der Waals surface area contributed by atoms with Crippen LogP contribution in [-0.4, -0.2) is 36.2 Å². The fourth-order valence-electron chi connectivity index (χ4n) is 1.48. The van der Waals surface area contributed by atoms with E-state index < -0.39 is 21.0 Å². The maximum Gasteiger partial charge on any atom is 0.445 e. The number of alkyl halides is 3. The topological polar surface area (TPSA) is 72.0 Å². The van der Waals surface area contributed by atoms with Gasteiger partial charge in [-0.15, -0.1) is 10.2 Å². The number of nitrogens with one attached hydrogen (secondary N) is 1. The molecule has 5 nitrogen and oxygen atoms in total. The van der Waals surface area contributed by atoms with Gasteiger partial charge in [-0.25, -0.2) is 8.42 Å². The fourth-order valence-corrected chi connectivity index (χ4v) is 3.84. The first-order chi connectivity index (χ1) is 7.76. The van der Waals surface area contributed by atoms with Gasteiger partial charge in [-0.05, 0) is 6.42 Å². The third-order valence-electron chi connectivity index (χ3n) is 2.23. The lowest BCUT2D eigenvalue weighted by Gasteiger charge is -2.07. The minimum Gasteiger partial charge on any atom is -0.356 e. The zero-order chi connectivity index (χ0) is 12.7. The number of halogens is 3. The second-order valence-electron chi connectivity index (χ2n) is 3.65. The molecule has 17 heavy (non-hydrogen) atoms. The Hall–Kier alpha value is -0.900. The summed E-state index contributed by atoms with van der Waals surface area (Å²) < 4.78 is 59.0. The first-order valence-corrected chi connectivity index (χ1v) is 7.28. The van der Waals surface area contributed by atoms with Crippen molar-refractivity contribution in [1.29, 1.82) is 0 Å². The molecule has 1 aromatic heterocycles. The minimum absolute atomic E-state index is 0.000532. The third kappa shape index (κ3) is 3.06. The first-order valence-electron chi connectivity index (χ1n) is 4.64. The Labute approximate surface area is 99.0 Å². The number of nitrogens with zero attached hydrogens (tertiary/aromatic N) is 2. The van der Waals surface area contributed by atoms with Crippen molar-refractivity contribution >= 4 is 26.3 Å². The van der Waals surface area contributed by atoms with Gasteiger partial charge in [0.2, 0.25) is 10.1 Å². The van der Waals surface area contributed by atoms with E-state index in [1.54, 1.807) is 0 Å². The molecule has 1 aliphatic heterocycles. The van der Waals surface area contributed by atoms with Gasteiger partial charge in [0.25, 0.3) is 0 Å². The Balaban J connectivity index is 2.03. The van der Waals surface area contributed by atoms with Gasteiger partial charge < -0.3 is 5.32 Å². The molecule has 0 spiro atoms. The molecule has 1 unspecified atom stereocenters. The molecule has 1 fully saturated rings. The molecule has 1 atom stereocenters. The average molecular weight is 287 g/mol. The van der Waals surface area contributed by atoms with Crippen molar-refractivity contribution in [2.45, 2.75) is 18.6 Å².